The predicted octanol–water partition coefficient (Wildman–Crippen LogP) is 9.89. The van der Waals surface area contributed by atoms with Gasteiger partial charge < -0.3 is 48.9 Å². The fourth-order valence-electron chi connectivity index (χ4n) is 9.86. The van der Waals surface area contributed by atoms with Crippen molar-refractivity contribution in [1.82, 2.24) is 20.5 Å². The van der Waals surface area contributed by atoms with Crippen molar-refractivity contribution in [3.8, 4) is 33.4 Å². The van der Waals surface area contributed by atoms with E-state index in [0.717, 1.165) is 49.9 Å². The number of hydrogen-bond acceptors (Lipinski definition) is 16. The number of ether oxygens (including phenoxy) is 6. The molecule has 2 saturated heterocycles. The molecule has 5 aromatic rings. The van der Waals surface area contributed by atoms with Crippen LogP contribution in [-0.2, 0) is 65.2 Å². The molecule has 4 aromatic carbocycles. The fourth-order valence-corrected chi connectivity index (χ4v) is 11.2. The normalized spacial score (nSPS) is 16.3. The van der Waals surface area contributed by atoms with E-state index < -0.39 is 94.2 Å². The lowest BCUT2D eigenvalue weighted by molar-refractivity contribution is -0.156. The number of anilines is 2. The SMILES string of the molecule is Cc1ncsc1-c1ccc(CNC(=O)[C@@H]2C[C@@H](OC(=O)COCCOCCC(=O)OC(C)(C)C)CN2C(=O)[C@@H](NC(=O)COCCCCOc2ccc(-c3ccc(N4C(=S)N(c5ccc(C#N)c(C(F)(F)F)c5)C(=O)C4(C)C)cc3)cc2)C(C)(C)C)cc1. The molecule has 2 fully saturated rings. The van der Waals surface area contributed by atoms with E-state index in [-0.39, 0.29) is 69.8 Å². The predicted molar refractivity (Wildman–Crippen MR) is 328 cm³/mol. The molecule has 19 nitrogen and oxygen atoms in total. The standard InChI is InChI=1S/C64H74F3N7O12S2/c1-40-55(88-39-70-40)44-14-12-41(13-15-44)35-69-57(78)51-33-49(85-54(77)38-83-31-30-81-29-26-53(76)86-62(5,6)7)36-72(51)58(79)56(61(2,3)4)71-52(75)37-82-27-10-11-28-84-48-24-19-43(20-25-48)42-16-21-46(22-17-42)74-60(87)73(59(80)63(74,8)9)47-23-18-45(34-68)50(32-47)64(65,66)67/h12-25,32,39,49,51,56H,10-11,26-31,33,35-38H2,1-9H3,(H,69,78)(H,71,75)/t49-,51+,56-/m1/s1. The number of amides is 4. The van der Waals surface area contributed by atoms with Gasteiger partial charge in [-0.25, -0.2) is 9.78 Å². The van der Waals surface area contributed by atoms with Gasteiger partial charge in [-0.05, 0) is 137 Å². The molecule has 2 N–H and O–H groups in total. The summed E-state index contributed by atoms with van der Waals surface area (Å²) in [6, 6.07) is 24.8. The summed E-state index contributed by atoms with van der Waals surface area (Å²) in [5, 5.41) is 15.0. The lowest BCUT2D eigenvalue weighted by atomic mass is 9.85. The van der Waals surface area contributed by atoms with Crippen molar-refractivity contribution in [1.29, 1.82) is 5.26 Å². The lowest BCUT2D eigenvalue weighted by Gasteiger charge is -2.35. The maximum Gasteiger partial charge on any atom is 0.417 e. The number of hydrogen-bond donors (Lipinski definition) is 2. The topological polar surface area (TPSA) is 228 Å². The van der Waals surface area contributed by atoms with Crippen molar-refractivity contribution < 1.29 is 70.4 Å². The number of unbranched alkanes of at least 4 members (excludes halogenated alkanes) is 1. The summed E-state index contributed by atoms with van der Waals surface area (Å²) in [7, 11) is 0. The van der Waals surface area contributed by atoms with Crippen LogP contribution in [0.1, 0.15) is 103 Å². The molecule has 24 heteroatoms. The first-order valence-electron chi connectivity index (χ1n) is 28.7. The molecule has 0 aliphatic carbocycles. The summed E-state index contributed by atoms with van der Waals surface area (Å²) in [6.07, 6.45) is -4.49. The average Bonchev–Trinajstić information content (AvgIpc) is 1.91. The minimum atomic E-state index is -4.82. The van der Waals surface area contributed by atoms with Crippen LogP contribution >= 0.6 is 23.6 Å². The van der Waals surface area contributed by atoms with E-state index in [9.17, 15) is 47.2 Å². The summed E-state index contributed by atoms with van der Waals surface area (Å²) in [5.41, 5.74) is 2.26. The van der Waals surface area contributed by atoms with Crippen molar-refractivity contribution in [2.75, 3.05) is 62.6 Å². The molecule has 0 radical (unpaired) electrons. The van der Waals surface area contributed by atoms with Gasteiger partial charge in [0.1, 0.15) is 48.3 Å². The number of carbonyl (C=O) groups is 6. The highest BCUT2D eigenvalue weighted by atomic mass is 32.1. The summed E-state index contributed by atoms with van der Waals surface area (Å²) in [6.45, 7) is 16.0. The smallest absolute Gasteiger partial charge is 0.417 e. The van der Waals surface area contributed by atoms with E-state index in [1.54, 1.807) is 84.0 Å². The molecular formula is C64H74F3N7O12S2. The van der Waals surface area contributed by atoms with Crippen LogP contribution in [0.3, 0.4) is 0 Å². The zero-order valence-electron chi connectivity index (χ0n) is 50.7. The van der Waals surface area contributed by atoms with E-state index in [1.165, 1.54) is 22.3 Å². The summed E-state index contributed by atoms with van der Waals surface area (Å²) in [5.74, 6) is -2.56. The number of esters is 2. The van der Waals surface area contributed by atoms with Crippen LogP contribution in [0.25, 0.3) is 21.6 Å². The number of likely N-dealkylation sites (tertiary alicyclic amines) is 1. The van der Waals surface area contributed by atoms with Crippen LogP contribution in [0.15, 0.2) is 96.5 Å². The van der Waals surface area contributed by atoms with Crippen molar-refractivity contribution in [2.45, 2.75) is 130 Å². The molecule has 0 spiro atoms. The number of halogens is 3. The van der Waals surface area contributed by atoms with E-state index in [4.69, 9.17) is 40.6 Å². The van der Waals surface area contributed by atoms with Crippen LogP contribution in [0.4, 0.5) is 24.5 Å². The second-order valence-corrected chi connectivity index (χ2v) is 25.0. The summed E-state index contributed by atoms with van der Waals surface area (Å²) in [4.78, 5) is 90.1. The number of carbonyl (C=O) groups excluding carboxylic acids is 6. The van der Waals surface area contributed by atoms with E-state index in [1.807, 2.05) is 67.6 Å². The highest BCUT2D eigenvalue weighted by Crippen LogP contribution is 2.40. The Morgan fingerprint density at radius 2 is 1.43 bits per heavy atom. The van der Waals surface area contributed by atoms with Gasteiger partial charge in [0.2, 0.25) is 17.7 Å². The first-order chi connectivity index (χ1) is 41.5. The monoisotopic (exact) mass is 1250 g/mol. The molecule has 4 amide bonds. The molecule has 88 heavy (non-hydrogen) atoms. The molecule has 7 rings (SSSR count). The van der Waals surface area contributed by atoms with Crippen molar-refractivity contribution >= 4 is 75.6 Å². The third-order valence-electron chi connectivity index (χ3n) is 14.3. The maximum atomic E-state index is 14.6. The van der Waals surface area contributed by atoms with Crippen molar-refractivity contribution in [2.24, 2.45) is 5.41 Å². The van der Waals surface area contributed by atoms with Crippen LogP contribution < -0.4 is 25.2 Å². The average molecular weight is 1250 g/mol. The Bertz CT molecular complexity index is 3340. The molecule has 0 bridgehead atoms. The second-order valence-electron chi connectivity index (χ2n) is 23.7. The van der Waals surface area contributed by atoms with Crippen molar-refractivity contribution in [3.63, 3.8) is 0 Å². The molecule has 1 aromatic heterocycles. The van der Waals surface area contributed by atoms with Gasteiger partial charge in [0.05, 0.1) is 78.4 Å². The number of rotatable bonds is 26. The zero-order chi connectivity index (χ0) is 64.1. The number of benzene rings is 4. The summed E-state index contributed by atoms with van der Waals surface area (Å²) >= 11 is 7.22. The molecule has 0 saturated carbocycles. The van der Waals surface area contributed by atoms with Gasteiger partial charge in [0.15, 0.2) is 5.11 Å². The van der Waals surface area contributed by atoms with Gasteiger partial charge in [-0.3, -0.25) is 28.9 Å². The Labute approximate surface area is 519 Å². The van der Waals surface area contributed by atoms with Crippen molar-refractivity contribution in [3.05, 3.63) is 119 Å². The number of thiazole rings is 1. The number of nitrogens with zero attached hydrogens (tertiary/aromatic N) is 5. The summed E-state index contributed by atoms with van der Waals surface area (Å²) < 4.78 is 75.1. The van der Waals surface area contributed by atoms with E-state index in [0.29, 0.717) is 30.9 Å². The first-order valence-corrected chi connectivity index (χ1v) is 30.0. The minimum absolute atomic E-state index is 0.00521. The number of aryl methyl sites for hydroxylation is 1. The van der Waals surface area contributed by atoms with Crippen LogP contribution in [0.2, 0.25) is 0 Å². The van der Waals surface area contributed by atoms with Gasteiger partial charge in [0.25, 0.3) is 5.91 Å². The molecule has 3 heterocycles. The minimum Gasteiger partial charge on any atom is -0.494 e. The van der Waals surface area contributed by atoms with E-state index >= 15 is 0 Å². The number of nitriles is 1. The quantitative estimate of drug-likeness (QED) is 0.0298. The maximum absolute atomic E-state index is 14.6. The molecule has 470 valence electrons. The Balaban J connectivity index is 0.871. The largest absolute Gasteiger partial charge is 0.494 e. The Hall–Kier alpha value is -7.82. The van der Waals surface area contributed by atoms with Gasteiger partial charge in [0, 0.05) is 25.3 Å². The Kier molecular flexibility index (Phi) is 22.7. The fraction of sp³-hybridized carbons (Fsp3) is 0.453. The number of alkyl halides is 3. The second kappa shape index (κ2) is 29.5. The van der Waals surface area contributed by atoms with Crippen LogP contribution in [-0.4, -0.2) is 133 Å². The molecule has 2 aliphatic rings. The highest BCUT2D eigenvalue weighted by Gasteiger charge is 2.51. The Morgan fingerprint density at radius 3 is 2.06 bits per heavy atom. The molecule has 2 aliphatic heterocycles. The van der Waals surface area contributed by atoms with Crippen LogP contribution in [0, 0.1) is 23.7 Å². The Morgan fingerprint density at radius 1 is 0.807 bits per heavy atom. The third kappa shape index (κ3) is 17.9. The number of aromatic nitrogens is 1. The van der Waals surface area contributed by atoms with Crippen LogP contribution in [0.5, 0.6) is 5.75 Å². The van der Waals surface area contributed by atoms with Gasteiger partial charge in [-0.15, -0.1) is 11.3 Å². The lowest BCUT2D eigenvalue weighted by Crippen LogP contribution is -2.58. The first kappa shape index (κ1) is 67.7. The van der Waals surface area contributed by atoms with Gasteiger partial charge in [-0.2, -0.15) is 18.4 Å². The molecule has 3 atom stereocenters. The number of thiocarbonyl (C=S) groups is 1. The highest BCUT2D eigenvalue weighted by molar-refractivity contribution is 7.81. The third-order valence-corrected chi connectivity index (χ3v) is 15.7. The number of nitrogens with one attached hydrogen (secondary N) is 2. The van der Waals surface area contributed by atoms with Gasteiger partial charge >= 0.3 is 18.1 Å². The van der Waals surface area contributed by atoms with E-state index in [2.05, 4.69) is 15.6 Å². The molecule has 0 unspecified atom stereocenters. The van der Waals surface area contributed by atoms with Gasteiger partial charge in [-0.1, -0.05) is 69.3 Å². The molecular weight excluding hydrogens is 1180 g/mol. The zero-order valence-corrected chi connectivity index (χ0v) is 52.4.